The standard InChI is InChI=1S/C23H19ClN4O2/c1-14(2)28-22-16(12-26-28)11-18(13-25-22)27-23(30)20-6-4-3-5-19(20)21(29)15-7-9-17(24)10-8-15/h3-14H,1-2H3,(H,27,30). The van der Waals surface area contributed by atoms with Gasteiger partial charge in [0.05, 0.1) is 23.6 Å². The van der Waals surface area contributed by atoms with Crippen molar-refractivity contribution in [1.29, 1.82) is 0 Å². The van der Waals surface area contributed by atoms with Gasteiger partial charge in [-0.1, -0.05) is 29.8 Å². The van der Waals surface area contributed by atoms with Gasteiger partial charge in [-0.15, -0.1) is 0 Å². The first kappa shape index (κ1) is 19.8. The topological polar surface area (TPSA) is 76.9 Å². The maximum Gasteiger partial charge on any atom is 0.256 e. The number of fused-ring (bicyclic) bond motifs is 1. The molecule has 2 heterocycles. The van der Waals surface area contributed by atoms with Crippen LogP contribution >= 0.6 is 11.6 Å². The molecule has 0 fully saturated rings. The number of aromatic nitrogens is 3. The lowest BCUT2D eigenvalue weighted by atomic mass is 9.98. The molecule has 2 aromatic carbocycles. The fourth-order valence-electron chi connectivity index (χ4n) is 3.22. The van der Waals surface area contributed by atoms with Gasteiger partial charge in [-0.3, -0.25) is 9.59 Å². The van der Waals surface area contributed by atoms with Gasteiger partial charge in [-0.05, 0) is 50.2 Å². The van der Waals surface area contributed by atoms with Crippen LogP contribution < -0.4 is 5.32 Å². The summed E-state index contributed by atoms with van der Waals surface area (Å²) < 4.78 is 1.82. The van der Waals surface area contributed by atoms with E-state index in [4.69, 9.17) is 11.6 Å². The molecule has 0 atom stereocenters. The first-order valence-corrected chi connectivity index (χ1v) is 9.86. The molecule has 4 aromatic rings. The van der Waals surface area contributed by atoms with Gasteiger partial charge < -0.3 is 5.32 Å². The van der Waals surface area contributed by atoms with Gasteiger partial charge in [-0.25, -0.2) is 9.67 Å². The smallest absolute Gasteiger partial charge is 0.256 e. The number of pyridine rings is 1. The summed E-state index contributed by atoms with van der Waals surface area (Å²) >= 11 is 5.91. The molecule has 7 heteroatoms. The second-order valence-corrected chi connectivity index (χ2v) is 7.59. The predicted molar refractivity (Wildman–Crippen MR) is 117 cm³/mol. The van der Waals surface area contributed by atoms with Gasteiger partial charge >= 0.3 is 0 Å². The summed E-state index contributed by atoms with van der Waals surface area (Å²) in [6.45, 7) is 4.05. The number of hydrogen-bond acceptors (Lipinski definition) is 4. The molecule has 0 bridgehead atoms. The Balaban J connectivity index is 1.62. The Morgan fingerprint density at radius 3 is 2.40 bits per heavy atom. The molecule has 150 valence electrons. The molecule has 0 radical (unpaired) electrons. The van der Waals surface area contributed by atoms with E-state index >= 15 is 0 Å². The Hall–Kier alpha value is -3.51. The van der Waals surface area contributed by atoms with E-state index in [1.807, 2.05) is 24.6 Å². The lowest BCUT2D eigenvalue weighted by Crippen LogP contribution is -2.17. The van der Waals surface area contributed by atoms with Crippen molar-refractivity contribution in [3.63, 3.8) is 0 Å². The first-order valence-electron chi connectivity index (χ1n) is 9.48. The minimum atomic E-state index is -0.384. The predicted octanol–water partition coefficient (Wildman–Crippen LogP) is 5.15. The van der Waals surface area contributed by atoms with Gasteiger partial charge in [0.1, 0.15) is 0 Å². The third-order valence-electron chi connectivity index (χ3n) is 4.70. The average molecular weight is 419 g/mol. The highest BCUT2D eigenvalue weighted by atomic mass is 35.5. The van der Waals surface area contributed by atoms with Crippen molar-refractivity contribution in [3.8, 4) is 0 Å². The van der Waals surface area contributed by atoms with Gasteiger partial charge in [-0.2, -0.15) is 5.10 Å². The van der Waals surface area contributed by atoms with Gasteiger partial charge in [0, 0.05) is 27.6 Å². The number of nitrogens with one attached hydrogen (secondary N) is 1. The van der Waals surface area contributed by atoms with E-state index < -0.39 is 0 Å². The molecule has 0 unspecified atom stereocenters. The summed E-state index contributed by atoms with van der Waals surface area (Å²) in [5, 5.41) is 8.54. The largest absolute Gasteiger partial charge is 0.321 e. The molecule has 0 aliphatic rings. The minimum Gasteiger partial charge on any atom is -0.321 e. The van der Waals surface area contributed by atoms with Crippen molar-refractivity contribution in [3.05, 3.63) is 88.7 Å². The molecule has 0 spiro atoms. The Kier molecular flexibility index (Phi) is 5.33. The number of benzene rings is 2. The van der Waals surface area contributed by atoms with Crippen LogP contribution in [-0.2, 0) is 0 Å². The molecule has 1 amide bonds. The summed E-state index contributed by atoms with van der Waals surface area (Å²) in [7, 11) is 0. The number of halogens is 1. The van der Waals surface area contributed by atoms with Crippen molar-refractivity contribution < 1.29 is 9.59 Å². The van der Waals surface area contributed by atoms with Crippen LogP contribution in [0.4, 0.5) is 5.69 Å². The zero-order chi connectivity index (χ0) is 21.3. The second kappa shape index (κ2) is 8.08. The first-order chi connectivity index (χ1) is 14.4. The fourth-order valence-corrected chi connectivity index (χ4v) is 3.35. The average Bonchev–Trinajstić information content (AvgIpc) is 3.17. The normalized spacial score (nSPS) is 11.1. The molecule has 0 saturated heterocycles. The summed E-state index contributed by atoms with van der Waals surface area (Å²) in [6.07, 6.45) is 3.31. The van der Waals surface area contributed by atoms with Crippen LogP contribution in [0.2, 0.25) is 5.02 Å². The molecule has 0 saturated carbocycles. The second-order valence-electron chi connectivity index (χ2n) is 7.16. The lowest BCUT2D eigenvalue weighted by molar-refractivity contribution is 0.0996. The summed E-state index contributed by atoms with van der Waals surface area (Å²) in [5.41, 5.74) is 2.35. The van der Waals surface area contributed by atoms with Crippen molar-refractivity contribution in [1.82, 2.24) is 14.8 Å². The van der Waals surface area contributed by atoms with E-state index in [9.17, 15) is 9.59 Å². The Bertz CT molecular complexity index is 1250. The number of carbonyl (C=O) groups is 2. The molecule has 0 aliphatic carbocycles. The van der Waals surface area contributed by atoms with Crippen LogP contribution in [0.3, 0.4) is 0 Å². The van der Waals surface area contributed by atoms with Crippen LogP contribution in [0, 0.1) is 0 Å². The van der Waals surface area contributed by atoms with E-state index in [1.54, 1.807) is 60.9 Å². The van der Waals surface area contributed by atoms with Crippen molar-refractivity contribution in [2.75, 3.05) is 5.32 Å². The van der Waals surface area contributed by atoms with Crippen molar-refractivity contribution in [2.24, 2.45) is 0 Å². The van der Waals surface area contributed by atoms with Crippen LogP contribution in [0.1, 0.15) is 46.2 Å². The number of ketones is 1. The molecule has 2 aromatic heterocycles. The molecule has 0 aliphatic heterocycles. The highest BCUT2D eigenvalue weighted by molar-refractivity contribution is 6.30. The van der Waals surface area contributed by atoms with Crippen molar-refractivity contribution in [2.45, 2.75) is 19.9 Å². The SMILES string of the molecule is CC(C)n1ncc2cc(NC(=O)c3ccccc3C(=O)c3ccc(Cl)cc3)cnc21. The third kappa shape index (κ3) is 3.82. The molecular formula is C23H19ClN4O2. The number of nitrogens with zero attached hydrogens (tertiary/aromatic N) is 3. The Morgan fingerprint density at radius 2 is 1.70 bits per heavy atom. The zero-order valence-corrected chi connectivity index (χ0v) is 17.2. The molecule has 1 N–H and O–H groups in total. The van der Waals surface area contributed by atoms with E-state index in [0.717, 1.165) is 11.0 Å². The minimum absolute atomic E-state index is 0.182. The summed E-state index contributed by atoms with van der Waals surface area (Å²) in [5.74, 6) is -0.630. The Labute approximate surface area is 178 Å². The molecular weight excluding hydrogens is 400 g/mol. The highest BCUT2D eigenvalue weighted by Crippen LogP contribution is 2.21. The number of rotatable bonds is 5. The van der Waals surface area contributed by atoms with Crippen molar-refractivity contribution >= 4 is 40.0 Å². The number of carbonyl (C=O) groups excluding carboxylic acids is 2. The van der Waals surface area contributed by atoms with Crippen LogP contribution in [-0.4, -0.2) is 26.5 Å². The van der Waals surface area contributed by atoms with E-state index in [-0.39, 0.29) is 23.3 Å². The van der Waals surface area contributed by atoms with Crippen LogP contribution in [0.5, 0.6) is 0 Å². The van der Waals surface area contributed by atoms with E-state index in [2.05, 4.69) is 15.4 Å². The summed E-state index contributed by atoms with van der Waals surface area (Å²) in [4.78, 5) is 30.3. The van der Waals surface area contributed by atoms with Crippen LogP contribution in [0.25, 0.3) is 11.0 Å². The number of hydrogen-bond donors (Lipinski definition) is 1. The van der Waals surface area contributed by atoms with Gasteiger partial charge in [0.25, 0.3) is 5.91 Å². The van der Waals surface area contributed by atoms with Gasteiger partial charge in [0.2, 0.25) is 0 Å². The van der Waals surface area contributed by atoms with Crippen LogP contribution in [0.15, 0.2) is 67.0 Å². The molecule has 4 rings (SSSR count). The number of anilines is 1. The Morgan fingerprint density at radius 1 is 1.00 bits per heavy atom. The van der Waals surface area contributed by atoms with E-state index in [1.165, 1.54) is 0 Å². The number of amides is 1. The zero-order valence-electron chi connectivity index (χ0n) is 16.5. The lowest BCUT2D eigenvalue weighted by Gasteiger charge is -2.10. The summed E-state index contributed by atoms with van der Waals surface area (Å²) in [6, 6.07) is 15.3. The fraction of sp³-hybridized carbons (Fsp3) is 0.130. The molecule has 6 nitrogen and oxygen atoms in total. The highest BCUT2D eigenvalue weighted by Gasteiger charge is 2.18. The quantitative estimate of drug-likeness (QED) is 0.455. The molecule has 30 heavy (non-hydrogen) atoms. The maximum atomic E-state index is 12.9. The van der Waals surface area contributed by atoms with Gasteiger partial charge in [0.15, 0.2) is 11.4 Å². The maximum absolute atomic E-state index is 12.9. The van der Waals surface area contributed by atoms with E-state index in [0.29, 0.717) is 21.8 Å². The third-order valence-corrected chi connectivity index (χ3v) is 4.96. The monoisotopic (exact) mass is 418 g/mol.